The SMILES string of the molecule is CC1(C)CC1(CO)c1cc([N+](=O)[O-])ccc1O. The maximum atomic E-state index is 10.7. The van der Waals surface area contributed by atoms with Crippen molar-refractivity contribution < 1.29 is 15.1 Å². The van der Waals surface area contributed by atoms with E-state index in [1.807, 2.05) is 13.8 Å². The van der Waals surface area contributed by atoms with E-state index in [0.717, 1.165) is 0 Å². The smallest absolute Gasteiger partial charge is 0.269 e. The van der Waals surface area contributed by atoms with E-state index in [0.29, 0.717) is 12.0 Å². The summed E-state index contributed by atoms with van der Waals surface area (Å²) in [5.74, 6) is 0.00947. The molecule has 1 aliphatic rings. The number of nitrogens with zero attached hydrogens (tertiary/aromatic N) is 1. The predicted octanol–water partition coefficient (Wildman–Crippen LogP) is 1.96. The molecule has 0 aliphatic heterocycles. The minimum absolute atomic E-state index is 0.00947. The van der Waals surface area contributed by atoms with Crippen LogP contribution in [0.1, 0.15) is 25.8 Å². The van der Waals surface area contributed by atoms with Gasteiger partial charge in [-0.05, 0) is 17.9 Å². The topological polar surface area (TPSA) is 83.6 Å². The van der Waals surface area contributed by atoms with Crippen LogP contribution in [0.25, 0.3) is 0 Å². The molecular formula is C12H15NO4. The molecule has 17 heavy (non-hydrogen) atoms. The molecule has 0 bridgehead atoms. The predicted molar refractivity (Wildman–Crippen MR) is 61.9 cm³/mol. The molecule has 0 saturated heterocycles. The number of phenolic OH excluding ortho intramolecular Hbond substituents is 1. The molecule has 1 fully saturated rings. The van der Waals surface area contributed by atoms with Gasteiger partial charge in [0.1, 0.15) is 5.75 Å². The zero-order chi connectivity index (χ0) is 12.8. The van der Waals surface area contributed by atoms with Gasteiger partial charge in [0.2, 0.25) is 0 Å². The van der Waals surface area contributed by atoms with E-state index in [1.165, 1.54) is 18.2 Å². The van der Waals surface area contributed by atoms with Gasteiger partial charge in [-0.15, -0.1) is 0 Å². The first-order valence-electron chi connectivity index (χ1n) is 5.43. The van der Waals surface area contributed by atoms with E-state index in [4.69, 9.17) is 0 Å². The third kappa shape index (κ3) is 1.58. The minimum atomic E-state index is -0.552. The number of hydrogen-bond donors (Lipinski definition) is 2. The third-order valence-corrected chi connectivity index (χ3v) is 3.89. The lowest BCUT2D eigenvalue weighted by atomic mass is 9.88. The number of aromatic hydroxyl groups is 1. The standard InChI is InChI=1S/C12H15NO4/c1-11(2)6-12(11,7-14)9-5-8(13(16)17)3-4-10(9)15/h3-5,14-15H,6-7H2,1-2H3. The Morgan fingerprint density at radius 3 is 2.47 bits per heavy atom. The van der Waals surface area contributed by atoms with E-state index in [1.54, 1.807) is 0 Å². The van der Waals surface area contributed by atoms with Gasteiger partial charge in [-0.3, -0.25) is 10.1 Å². The van der Waals surface area contributed by atoms with Gasteiger partial charge in [0, 0.05) is 23.1 Å². The molecule has 0 heterocycles. The van der Waals surface area contributed by atoms with Crippen molar-refractivity contribution in [3.63, 3.8) is 0 Å². The van der Waals surface area contributed by atoms with E-state index in [9.17, 15) is 20.3 Å². The summed E-state index contributed by atoms with van der Waals surface area (Å²) in [5, 5.41) is 30.1. The van der Waals surface area contributed by atoms with Gasteiger partial charge in [-0.1, -0.05) is 13.8 Å². The highest BCUT2D eigenvalue weighted by Gasteiger charge is 2.62. The molecule has 1 atom stereocenters. The third-order valence-electron chi connectivity index (χ3n) is 3.89. The first kappa shape index (κ1) is 11.9. The molecule has 92 valence electrons. The maximum Gasteiger partial charge on any atom is 0.269 e. The first-order valence-corrected chi connectivity index (χ1v) is 5.43. The Kier molecular flexibility index (Phi) is 2.39. The monoisotopic (exact) mass is 237 g/mol. The number of aliphatic hydroxyl groups is 1. The summed E-state index contributed by atoms with van der Waals surface area (Å²) in [7, 11) is 0. The second-order valence-corrected chi connectivity index (χ2v) is 5.26. The molecule has 0 spiro atoms. The van der Waals surface area contributed by atoms with E-state index < -0.39 is 10.3 Å². The molecule has 0 amide bonds. The maximum absolute atomic E-state index is 10.7. The summed E-state index contributed by atoms with van der Waals surface area (Å²) in [6, 6.07) is 3.94. The molecule has 1 unspecified atom stereocenters. The molecule has 1 aromatic carbocycles. The fraction of sp³-hybridized carbons (Fsp3) is 0.500. The molecular weight excluding hydrogens is 222 g/mol. The van der Waals surface area contributed by atoms with Gasteiger partial charge in [-0.2, -0.15) is 0 Å². The Hall–Kier alpha value is -1.62. The molecule has 1 aromatic rings. The lowest BCUT2D eigenvalue weighted by Gasteiger charge is -2.19. The number of non-ortho nitro benzene ring substituents is 1. The summed E-state index contributed by atoms with van der Waals surface area (Å²) in [6.45, 7) is 3.83. The lowest BCUT2D eigenvalue weighted by Crippen LogP contribution is -2.19. The summed E-state index contributed by atoms with van der Waals surface area (Å²) >= 11 is 0. The highest BCUT2D eigenvalue weighted by molar-refractivity contribution is 5.51. The van der Waals surface area contributed by atoms with Crippen molar-refractivity contribution in [2.45, 2.75) is 25.7 Å². The number of aliphatic hydroxyl groups excluding tert-OH is 1. The molecule has 5 nitrogen and oxygen atoms in total. The zero-order valence-corrected chi connectivity index (χ0v) is 9.80. The van der Waals surface area contributed by atoms with Crippen molar-refractivity contribution in [1.82, 2.24) is 0 Å². The average molecular weight is 237 g/mol. The van der Waals surface area contributed by atoms with Gasteiger partial charge in [0.25, 0.3) is 5.69 Å². The zero-order valence-electron chi connectivity index (χ0n) is 9.80. The van der Waals surface area contributed by atoms with Crippen molar-refractivity contribution in [2.75, 3.05) is 6.61 Å². The fourth-order valence-corrected chi connectivity index (χ4v) is 2.55. The summed E-state index contributed by atoms with van der Waals surface area (Å²) < 4.78 is 0. The van der Waals surface area contributed by atoms with E-state index in [2.05, 4.69) is 0 Å². The number of hydrogen-bond acceptors (Lipinski definition) is 4. The van der Waals surface area contributed by atoms with Crippen LogP contribution in [0, 0.1) is 15.5 Å². The molecule has 2 rings (SSSR count). The fourth-order valence-electron chi connectivity index (χ4n) is 2.55. The van der Waals surface area contributed by atoms with Crippen molar-refractivity contribution in [2.24, 2.45) is 5.41 Å². The van der Waals surface area contributed by atoms with Crippen LogP contribution >= 0.6 is 0 Å². The van der Waals surface area contributed by atoms with Gasteiger partial charge >= 0.3 is 0 Å². The second-order valence-electron chi connectivity index (χ2n) is 5.26. The van der Waals surface area contributed by atoms with Crippen LogP contribution < -0.4 is 0 Å². The van der Waals surface area contributed by atoms with Crippen molar-refractivity contribution in [3.8, 4) is 5.75 Å². The number of phenols is 1. The van der Waals surface area contributed by atoms with Crippen LogP contribution in [0.15, 0.2) is 18.2 Å². The summed E-state index contributed by atoms with van der Waals surface area (Å²) in [5.41, 5.74) is -0.287. The average Bonchev–Trinajstić information content (AvgIpc) is 2.82. The molecule has 2 N–H and O–H groups in total. The Labute approximate surface area is 98.9 Å². The van der Waals surface area contributed by atoms with E-state index in [-0.39, 0.29) is 23.5 Å². The quantitative estimate of drug-likeness (QED) is 0.621. The normalized spacial score (nSPS) is 25.6. The van der Waals surface area contributed by atoms with Crippen LogP contribution in [0.4, 0.5) is 5.69 Å². The number of rotatable bonds is 3. The Balaban J connectivity index is 2.52. The van der Waals surface area contributed by atoms with Gasteiger partial charge in [0.15, 0.2) is 0 Å². The van der Waals surface area contributed by atoms with Crippen molar-refractivity contribution in [1.29, 1.82) is 0 Å². The minimum Gasteiger partial charge on any atom is -0.508 e. The van der Waals surface area contributed by atoms with Gasteiger partial charge in [0.05, 0.1) is 11.5 Å². The van der Waals surface area contributed by atoms with Gasteiger partial charge < -0.3 is 10.2 Å². The Bertz CT molecular complexity index is 483. The van der Waals surface area contributed by atoms with Crippen LogP contribution in [-0.2, 0) is 5.41 Å². The summed E-state index contributed by atoms with van der Waals surface area (Å²) in [4.78, 5) is 10.2. The Morgan fingerprint density at radius 1 is 1.47 bits per heavy atom. The van der Waals surface area contributed by atoms with Crippen LogP contribution in [0.3, 0.4) is 0 Å². The van der Waals surface area contributed by atoms with Crippen molar-refractivity contribution in [3.05, 3.63) is 33.9 Å². The van der Waals surface area contributed by atoms with Crippen LogP contribution in [-0.4, -0.2) is 21.7 Å². The van der Waals surface area contributed by atoms with Gasteiger partial charge in [-0.25, -0.2) is 0 Å². The molecule has 0 aromatic heterocycles. The number of nitro groups is 1. The van der Waals surface area contributed by atoms with E-state index >= 15 is 0 Å². The highest BCUT2D eigenvalue weighted by Crippen LogP contribution is 2.65. The largest absolute Gasteiger partial charge is 0.508 e. The second kappa shape index (κ2) is 3.43. The molecule has 5 heteroatoms. The van der Waals surface area contributed by atoms with Crippen molar-refractivity contribution >= 4 is 5.69 Å². The van der Waals surface area contributed by atoms with Crippen LogP contribution in [0.2, 0.25) is 0 Å². The Morgan fingerprint density at radius 2 is 2.06 bits per heavy atom. The number of benzene rings is 1. The summed E-state index contributed by atoms with van der Waals surface area (Å²) in [6.07, 6.45) is 0.714. The molecule has 1 aliphatic carbocycles. The highest BCUT2D eigenvalue weighted by atomic mass is 16.6. The molecule has 1 saturated carbocycles. The number of nitro benzene ring substituents is 1. The first-order chi connectivity index (χ1) is 7.84. The lowest BCUT2D eigenvalue weighted by molar-refractivity contribution is -0.385. The van der Waals surface area contributed by atoms with Crippen LogP contribution in [0.5, 0.6) is 5.75 Å². The molecule has 0 radical (unpaired) electrons.